The summed E-state index contributed by atoms with van der Waals surface area (Å²) >= 11 is 0. The van der Waals surface area contributed by atoms with Crippen LogP contribution in [0.15, 0.2) is 30.9 Å². The van der Waals surface area contributed by atoms with Gasteiger partial charge in [0.1, 0.15) is 0 Å². The predicted octanol–water partition coefficient (Wildman–Crippen LogP) is 2.37. The van der Waals surface area contributed by atoms with Crippen LogP contribution >= 0.6 is 0 Å². The molecule has 3 nitrogen and oxygen atoms in total. The fraction of sp³-hybridized carbons (Fsp3) is 0.333. The van der Waals surface area contributed by atoms with Gasteiger partial charge in [0.2, 0.25) is 0 Å². The van der Waals surface area contributed by atoms with Crippen molar-refractivity contribution in [3.8, 4) is 11.5 Å². The lowest BCUT2D eigenvalue weighted by Gasteiger charge is -2.14. The van der Waals surface area contributed by atoms with Gasteiger partial charge in [-0.15, -0.1) is 6.58 Å². The molecule has 0 amide bonds. The summed E-state index contributed by atoms with van der Waals surface area (Å²) in [5.74, 6) is 0.614. The molecule has 3 heteroatoms. The topological polar surface area (TPSA) is 55.5 Å². The molecule has 0 spiro atoms. The molecule has 3 N–H and O–H groups in total. The van der Waals surface area contributed by atoms with Crippen LogP contribution in [0.3, 0.4) is 0 Å². The SMILES string of the molecule is C=CC[C@H](N)c1cccc(OCC)c1O. The summed E-state index contributed by atoms with van der Waals surface area (Å²) in [6.45, 7) is 6.01. The van der Waals surface area contributed by atoms with E-state index in [0.717, 1.165) is 0 Å². The lowest BCUT2D eigenvalue weighted by Crippen LogP contribution is -2.09. The molecule has 0 heterocycles. The van der Waals surface area contributed by atoms with Crippen LogP contribution < -0.4 is 10.5 Å². The Balaban J connectivity index is 2.97. The predicted molar refractivity (Wildman–Crippen MR) is 61.0 cm³/mol. The number of phenolic OH excluding ortho intramolecular Hbond substituents is 1. The highest BCUT2D eigenvalue weighted by atomic mass is 16.5. The first kappa shape index (κ1) is 11.6. The first-order valence-electron chi connectivity index (χ1n) is 5.01. The van der Waals surface area contributed by atoms with Crippen LogP contribution in [-0.2, 0) is 0 Å². The largest absolute Gasteiger partial charge is 0.504 e. The second-order valence-electron chi connectivity index (χ2n) is 3.26. The molecule has 0 aliphatic heterocycles. The van der Waals surface area contributed by atoms with E-state index in [1.54, 1.807) is 18.2 Å². The Morgan fingerprint density at radius 3 is 2.93 bits per heavy atom. The van der Waals surface area contributed by atoms with Crippen molar-refractivity contribution in [2.24, 2.45) is 5.73 Å². The van der Waals surface area contributed by atoms with Crippen molar-refractivity contribution in [2.45, 2.75) is 19.4 Å². The van der Waals surface area contributed by atoms with E-state index in [9.17, 15) is 5.11 Å². The van der Waals surface area contributed by atoms with Crippen molar-refractivity contribution < 1.29 is 9.84 Å². The summed E-state index contributed by atoms with van der Waals surface area (Å²) in [5.41, 5.74) is 6.58. The number of aromatic hydroxyl groups is 1. The van der Waals surface area contributed by atoms with Crippen LogP contribution in [0.4, 0.5) is 0 Å². The number of hydrogen-bond donors (Lipinski definition) is 2. The summed E-state index contributed by atoms with van der Waals surface area (Å²) in [6.07, 6.45) is 2.36. The zero-order valence-electron chi connectivity index (χ0n) is 8.94. The van der Waals surface area contributed by atoms with E-state index in [0.29, 0.717) is 24.3 Å². The van der Waals surface area contributed by atoms with Crippen molar-refractivity contribution >= 4 is 0 Å². The number of nitrogens with two attached hydrogens (primary N) is 1. The Hall–Kier alpha value is -1.48. The van der Waals surface area contributed by atoms with Gasteiger partial charge in [0, 0.05) is 11.6 Å². The normalized spacial score (nSPS) is 12.1. The number of ether oxygens (including phenoxy) is 1. The van der Waals surface area contributed by atoms with E-state index in [4.69, 9.17) is 10.5 Å². The van der Waals surface area contributed by atoms with E-state index in [-0.39, 0.29) is 11.8 Å². The highest BCUT2D eigenvalue weighted by Gasteiger charge is 2.12. The Morgan fingerprint density at radius 1 is 1.60 bits per heavy atom. The number of rotatable bonds is 5. The van der Waals surface area contributed by atoms with Gasteiger partial charge in [-0.25, -0.2) is 0 Å². The molecule has 0 aliphatic carbocycles. The maximum absolute atomic E-state index is 9.88. The minimum Gasteiger partial charge on any atom is -0.504 e. The second kappa shape index (κ2) is 5.41. The van der Waals surface area contributed by atoms with Crippen LogP contribution in [0.2, 0.25) is 0 Å². The summed E-state index contributed by atoms with van der Waals surface area (Å²) < 4.78 is 5.27. The molecule has 1 aromatic rings. The van der Waals surface area contributed by atoms with Gasteiger partial charge in [-0.05, 0) is 19.4 Å². The first-order valence-corrected chi connectivity index (χ1v) is 5.01. The standard InChI is InChI=1S/C12H17NO2/c1-3-6-10(13)9-7-5-8-11(12(9)14)15-4-2/h3,5,7-8,10,14H,1,4,6,13H2,2H3/t10-/m0/s1. The maximum Gasteiger partial charge on any atom is 0.162 e. The summed E-state index contributed by atoms with van der Waals surface area (Å²) in [7, 11) is 0. The smallest absolute Gasteiger partial charge is 0.162 e. The molecule has 0 unspecified atom stereocenters. The number of phenols is 1. The van der Waals surface area contributed by atoms with Crippen LogP contribution in [0, 0.1) is 0 Å². The molecular weight excluding hydrogens is 190 g/mol. The Kier molecular flexibility index (Phi) is 4.18. The summed E-state index contributed by atoms with van der Waals surface area (Å²) in [6, 6.07) is 5.11. The van der Waals surface area contributed by atoms with E-state index in [1.807, 2.05) is 13.0 Å². The van der Waals surface area contributed by atoms with Crippen molar-refractivity contribution in [3.05, 3.63) is 36.4 Å². The minimum absolute atomic E-state index is 0.133. The van der Waals surface area contributed by atoms with Gasteiger partial charge in [0.05, 0.1) is 6.61 Å². The molecule has 15 heavy (non-hydrogen) atoms. The van der Waals surface area contributed by atoms with E-state index < -0.39 is 0 Å². The Bertz CT molecular complexity index is 336. The average molecular weight is 207 g/mol. The molecule has 1 atom stereocenters. The fourth-order valence-corrected chi connectivity index (χ4v) is 1.42. The number of hydrogen-bond acceptors (Lipinski definition) is 3. The molecule has 0 fully saturated rings. The molecule has 82 valence electrons. The van der Waals surface area contributed by atoms with Crippen LogP contribution in [0.25, 0.3) is 0 Å². The average Bonchev–Trinajstić information content (AvgIpc) is 2.22. The number of benzene rings is 1. The Morgan fingerprint density at radius 2 is 2.33 bits per heavy atom. The zero-order valence-corrected chi connectivity index (χ0v) is 8.94. The molecule has 0 radical (unpaired) electrons. The van der Waals surface area contributed by atoms with Crippen LogP contribution in [0.1, 0.15) is 24.9 Å². The lowest BCUT2D eigenvalue weighted by atomic mass is 10.0. The summed E-state index contributed by atoms with van der Waals surface area (Å²) in [4.78, 5) is 0. The van der Waals surface area contributed by atoms with Crippen molar-refractivity contribution in [1.82, 2.24) is 0 Å². The van der Waals surface area contributed by atoms with E-state index in [2.05, 4.69) is 6.58 Å². The van der Waals surface area contributed by atoms with Crippen LogP contribution in [0.5, 0.6) is 11.5 Å². The van der Waals surface area contributed by atoms with Crippen molar-refractivity contribution in [3.63, 3.8) is 0 Å². The zero-order chi connectivity index (χ0) is 11.3. The van der Waals surface area contributed by atoms with Gasteiger partial charge in [-0.2, -0.15) is 0 Å². The number of para-hydroxylation sites is 1. The van der Waals surface area contributed by atoms with Gasteiger partial charge in [-0.3, -0.25) is 0 Å². The van der Waals surface area contributed by atoms with Gasteiger partial charge in [0.25, 0.3) is 0 Å². The van der Waals surface area contributed by atoms with Crippen molar-refractivity contribution in [1.29, 1.82) is 0 Å². The highest BCUT2D eigenvalue weighted by molar-refractivity contribution is 5.46. The van der Waals surface area contributed by atoms with Crippen LogP contribution in [-0.4, -0.2) is 11.7 Å². The molecule has 1 aromatic carbocycles. The summed E-state index contributed by atoms with van der Waals surface area (Å²) in [5, 5.41) is 9.88. The second-order valence-corrected chi connectivity index (χ2v) is 3.26. The fourth-order valence-electron chi connectivity index (χ4n) is 1.42. The van der Waals surface area contributed by atoms with Gasteiger partial charge < -0.3 is 15.6 Å². The lowest BCUT2D eigenvalue weighted by molar-refractivity contribution is 0.315. The quantitative estimate of drug-likeness (QED) is 0.729. The van der Waals surface area contributed by atoms with E-state index >= 15 is 0 Å². The molecule has 0 aromatic heterocycles. The third-order valence-electron chi connectivity index (χ3n) is 2.15. The van der Waals surface area contributed by atoms with Gasteiger partial charge >= 0.3 is 0 Å². The molecular formula is C12H17NO2. The first-order chi connectivity index (χ1) is 7.20. The minimum atomic E-state index is -0.233. The Labute approximate surface area is 90.2 Å². The van der Waals surface area contributed by atoms with E-state index in [1.165, 1.54) is 0 Å². The third-order valence-corrected chi connectivity index (χ3v) is 2.15. The molecule has 1 rings (SSSR count). The molecule has 0 saturated carbocycles. The highest BCUT2D eigenvalue weighted by Crippen LogP contribution is 2.33. The molecule has 0 saturated heterocycles. The van der Waals surface area contributed by atoms with Crippen molar-refractivity contribution in [2.75, 3.05) is 6.61 Å². The monoisotopic (exact) mass is 207 g/mol. The van der Waals surface area contributed by atoms with Gasteiger partial charge in [-0.1, -0.05) is 18.2 Å². The maximum atomic E-state index is 9.88. The third kappa shape index (κ3) is 2.73. The molecule has 0 bridgehead atoms. The molecule has 0 aliphatic rings. The van der Waals surface area contributed by atoms with Gasteiger partial charge in [0.15, 0.2) is 11.5 Å².